The van der Waals surface area contributed by atoms with E-state index in [1.165, 1.54) is 6.42 Å². The number of hydrogen-bond donors (Lipinski definition) is 1. The number of ether oxygens (including phenoxy) is 1. The molecule has 1 aromatic rings. The lowest BCUT2D eigenvalue weighted by atomic mass is 9.47. The number of aliphatic hydroxyl groups is 1. The van der Waals surface area contributed by atoms with Crippen molar-refractivity contribution in [3.63, 3.8) is 0 Å². The van der Waals surface area contributed by atoms with Gasteiger partial charge in [-0.1, -0.05) is 24.3 Å². The number of methoxy groups -OCH3 is 1. The fourth-order valence-corrected chi connectivity index (χ4v) is 6.49. The van der Waals surface area contributed by atoms with Crippen LogP contribution < -0.4 is 4.74 Å². The smallest absolute Gasteiger partial charge is 0.223 e. The first-order chi connectivity index (χ1) is 12.9. The molecule has 1 aromatic carbocycles. The molecule has 1 N–H and O–H groups in total. The van der Waals surface area contributed by atoms with Crippen molar-refractivity contribution in [1.82, 2.24) is 4.90 Å². The Kier molecular flexibility index (Phi) is 4.79. The molecule has 4 atom stereocenters. The van der Waals surface area contributed by atoms with Crippen LogP contribution >= 0.6 is 0 Å². The quantitative estimate of drug-likeness (QED) is 0.741. The van der Waals surface area contributed by atoms with Gasteiger partial charge >= 0.3 is 0 Å². The van der Waals surface area contributed by atoms with Gasteiger partial charge in [-0.05, 0) is 61.8 Å². The van der Waals surface area contributed by atoms with Crippen molar-refractivity contribution in [2.75, 3.05) is 13.7 Å². The molecule has 0 spiro atoms. The van der Waals surface area contributed by atoms with Crippen LogP contribution in [0.3, 0.4) is 0 Å². The monoisotopic (exact) mass is 369 g/mol. The minimum Gasteiger partial charge on any atom is -0.496 e. The summed E-state index contributed by atoms with van der Waals surface area (Å²) in [6.45, 7) is 4.90. The molecule has 4 heteroatoms. The van der Waals surface area contributed by atoms with Gasteiger partial charge in [-0.3, -0.25) is 4.79 Å². The summed E-state index contributed by atoms with van der Waals surface area (Å²) in [6, 6.07) is 7.86. The van der Waals surface area contributed by atoms with Crippen LogP contribution in [-0.4, -0.2) is 35.2 Å². The number of rotatable bonds is 7. The van der Waals surface area contributed by atoms with Crippen LogP contribution in [0.5, 0.6) is 5.75 Å². The maximum Gasteiger partial charge on any atom is 0.223 e. The highest BCUT2D eigenvalue weighted by molar-refractivity contribution is 5.77. The molecule has 0 aliphatic heterocycles. The van der Waals surface area contributed by atoms with E-state index in [1.54, 1.807) is 13.2 Å². The van der Waals surface area contributed by atoms with Crippen molar-refractivity contribution in [3.8, 4) is 5.75 Å². The molecule has 0 radical (unpaired) electrons. The first-order valence-electron chi connectivity index (χ1n) is 10.2. The lowest BCUT2D eigenvalue weighted by molar-refractivity contribution is -0.172. The number of amides is 1. The SMILES string of the molecule is C=CCN(Cc1ccccc1OC)C(=O)CC12C[C@@H]3C[C@@H](CC(O)(C3)C1)C2. The van der Waals surface area contributed by atoms with Crippen LogP contribution in [0.1, 0.15) is 50.5 Å². The number of carbonyl (C=O) groups is 1. The Morgan fingerprint density at radius 1 is 1.30 bits per heavy atom. The Bertz CT molecular complexity index is 714. The topological polar surface area (TPSA) is 49.8 Å². The Hall–Kier alpha value is -1.81. The van der Waals surface area contributed by atoms with Crippen molar-refractivity contribution in [2.45, 2.75) is 57.1 Å². The van der Waals surface area contributed by atoms with Crippen LogP contribution in [0.2, 0.25) is 0 Å². The number of hydrogen-bond acceptors (Lipinski definition) is 3. The summed E-state index contributed by atoms with van der Waals surface area (Å²) >= 11 is 0. The second-order valence-corrected chi connectivity index (χ2v) is 9.24. The van der Waals surface area contributed by atoms with Gasteiger partial charge in [-0.25, -0.2) is 0 Å². The average molecular weight is 370 g/mol. The van der Waals surface area contributed by atoms with Gasteiger partial charge in [-0.15, -0.1) is 6.58 Å². The maximum absolute atomic E-state index is 13.3. The Labute approximate surface area is 162 Å². The van der Waals surface area contributed by atoms with Crippen LogP contribution in [-0.2, 0) is 11.3 Å². The number of carbonyl (C=O) groups excluding carboxylic acids is 1. The molecule has 4 aliphatic rings. The fraction of sp³-hybridized carbons (Fsp3) is 0.609. The molecule has 4 bridgehead atoms. The molecule has 4 fully saturated rings. The number of para-hydroxylation sites is 1. The van der Waals surface area contributed by atoms with Crippen LogP contribution in [0.25, 0.3) is 0 Å². The van der Waals surface area contributed by atoms with Gasteiger partial charge in [0.2, 0.25) is 5.91 Å². The second kappa shape index (κ2) is 6.97. The van der Waals surface area contributed by atoms with Crippen LogP contribution in [0.15, 0.2) is 36.9 Å². The summed E-state index contributed by atoms with van der Waals surface area (Å²) in [5.74, 6) is 2.19. The van der Waals surface area contributed by atoms with Crippen LogP contribution in [0, 0.1) is 17.3 Å². The third-order valence-corrected chi connectivity index (χ3v) is 6.93. The molecular formula is C23H31NO3. The highest BCUT2D eigenvalue weighted by atomic mass is 16.5. The van der Waals surface area contributed by atoms with Gasteiger partial charge in [0.15, 0.2) is 0 Å². The van der Waals surface area contributed by atoms with E-state index >= 15 is 0 Å². The average Bonchev–Trinajstić information content (AvgIpc) is 2.59. The molecule has 146 valence electrons. The zero-order valence-corrected chi connectivity index (χ0v) is 16.3. The summed E-state index contributed by atoms with van der Waals surface area (Å²) in [7, 11) is 1.66. The van der Waals surface area contributed by atoms with E-state index < -0.39 is 5.60 Å². The Morgan fingerprint density at radius 3 is 2.63 bits per heavy atom. The van der Waals surface area contributed by atoms with Crippen molar-refractivity contribution in [3.05, 3.63) is 42.5 Å². The van der Waals surface area contributed by atoms with E-state index in [0.29, 0.717) is 31.3 Å². The standard InChI is InChI=1S/C23H31NO3/c1-3-8-24(15-19-6-4-5-7-20(19)27-2)21(25)14-22-10-17-9-18(11-22)13-23(26,12-17)16-22/h3-7,17-18,26H,1,8-16H2,2H3/t17-,18+,22?,23?. The van der Waals surface area contributed by atoms with Gasteiger partial charge in [0, 0.05) is 25.1 Å². The second-order valence-electron chi connectivity index (χ2n) is 9.24. The zero-order chi connectivity index (χ0) is 19.1. The zero-order valence-electron chi connectivity index (χ0n) is 16.3. The molecule has 5 rings (SSSR count). The van der Waals surface area contributed by atoms with Crippen molar-refractivity contribution in [2.24, 2.45) is 17.3 Å². The van der Waals surface area contributed by atoms with Gasteiger partial charge in [0.05, 0.1) is 12.7 Å². The van der Waals surface area contributed by atoms with Crippen molar-refractivity contribution < 1.29 is 14.6 Å². The van der Waals surface area contributed by atoms with Gasteiger partial charge in [0.1, 0.15) is 5.75 Å². The summed E-state index contributed by atoms with van der Waals surface area (Å²) in [6.07, 6.45) is 8.48. The normalized spacial score (nSPS) is 33.7. The van der Waals surface area contributed by atoms with Crippen molar-refractivity contribution >= 4 is 5.91 Å². The molecule has 1 amide bonds. The molecular weight excluding hydrogens is 338 g/mol. The molecule has 2 unspecified atom stereocenters. The molecule has 4 aliphatic carbocycles. The largest absolute Gasteiger partial charge is 0.496 e. The van der Waals surface area contributed by atoms with E-state index in [4.69, 9.17) is 4.74 Å². The third kappa shape index (κ3) is 3.64. The number of nitrogens with zero attached hydrogens (tertiary/aromatic N) is 1. The minimum atomic E-state index is -0.518. The van der Waals surface area contributed by atoms with E-state index in [0.717, 1.165) is 43.4 Å². The summed E-state index contributed by atoms with van der Waals surface area (Å²) in [4.78, 5) is 15.2. The molecule has 4 saturated carbocycles. The van der Waals surface area contributed by atoms with Gasteiger partial charge in [-0.2, -0.15) is 0 Å². The maximum atomic E-state index is 13.3. The molecule has 27 heavy (non-hydrogen) atoms. The predicted octanol–water partition coefficient (Wildman–Crippen LogP) is 3.93. The summed E-state index contributed by atoms with van der Waals surface area (Å²) < 4.78 is 5.45. The number of benzene rings is 1. The molecule has 4 nitrogen and oxygen atoms in total. The first-order valence-corrected chi connectivity index (χ1v) is 10.2. The summed E-state index contributed by atoms with van der Waals surface area (Å²) in [5.41, 5.74) is 0.492. The highest BCUT2D eigenvalue weighted by Crippen LogP contribution is 2.62. The van der Waals surface area contributed by atoms with E-state index in [1.807, 2.05) is 29.2 Å². The minimum absolute atomic E-state index is 0.00386. The Morgan fingerprint density at radius 2 is 2.00 bits per heavy atom. The van der Waals surface area contributed by atoms with E-state index in [9.17, 15) is 9.90 Å². The van der Waals surface area contributed by atoms with Crippen LogP contribution in [0.4, 0.5) is 0 Å². The van der Waals surface area contributed by atoms with Gasteiger partial charge in [0.25, 0.3) is 0 Å². The fourth-order valence-electron chi connectivity index (χ4n) is 6.49. The van der Waals surface area contributed by atoms with E-state index in [2.05, 4.69) is 6.58 Å². The predicted molar refractivity (Wildman–Crippen MR) is 105 cm³/mol. The first kappa shape index (κ1) is 18.5. The summed E-state index contributed by atoms with van der Waals surface area (Å²) in [5, 5.41) is 11.0. The van der Waals surface area contributed by atoms with Crippen molar-refractivity contribution in [1.29, 1.82) is 0 Å². The Balaban J connectivity index is 1.50. The third-order valence-electron chi connectivity index (χ3n) is 6.93. The highest BCUT2D eigenvalue weighted by Gasteiger charge is 2.57. The van der Waals surface area contributed by atoms with E-state index in [-0.39, 0.29) is 11.3 Å². The van der Waals surface area contributed by atoms with Gasteiger partial charge < -0.3 is 14.7 Å². The lowest BCUT2D eigenvalue weighted by Crippen LogP contribution is -2.56. The molecule has 0 heterocycles. The lowest BCUT2D eigenvalue weighted by Gasteiger charge is -2.60. The molecule has 0 aromatic heterocycles. The molecule has 0 saturated heterocycles.